The number of aliphatic hydroxyl groups excluding tert-OH is 1. The summed E-state index contributed by atoms with van der Waals surface area (Å²) in [5, 5.41) is 11.4. The van der Waals surface area contributed by atoms with Gasteiger partial charge in [0.2, 0.25) is 0 Å². The number of ether oxygens (including phenoxy) is 4. The first-order valence-electron chi connectivity index (χ1n) is 12.3. The van der Waals surface area contributed by atoms with Crippen LogP contribution in [0.4, 0.5) is 0 Å². The molecule has 1 aliphatic rings. The van der Waals surface area contributed by atoms with Crippen molar-refractivity contribution < 1.29 is 33.6 Å². The van der Waals surface area contributed by atoms with Crippen LogP contribution < -0.4 is 18.9 Å². The van der Waals surface area contributed by atoms with Crippen molar-refractivity contribution >= 4 is 17.4 Å². The number of methoxy groups -OCH3 is 3. The summed E-state index contributed by atoms with van der Waals surface area (Å²) < 4.78 is 21.8. The topological polar surface area (TPSA) is 94.5 Å². The molecular weight excluding hydrogens is 486 g/mol. The van der Waals surface area contributed by atoms with Crippen LogP contribution >= 0.6 is 0 Å². The Morgan fingerprint density at radius 2 is 1.61 bits per heavy atom. The Kier molecular flexibility index (Phi) is 8.21. The van der Waals surface area contributed by atoms with Crippen LogP contribution in [-0.2, 0) is 16.1 Å². The maximum Gasteiger partial charge on any atom is 0.295 e. The van der Waals surface area contributed by atoms with Gasteiger partial charge in [0.05, 0.1) is 39.6 Å². The molecule has 1 N–H and O–H groups in total. The Labute approximate surface area is 222 Å². The van der Waals surface area contributed by atoms with E-state index in [-0.39, 0.29) is 17.9 Å². The molecule has 1 atom stereocenters. The second-order valence-electron chi connectivity index (χ2n) is 8.77. The largest absolute Gasteiger partial charge is 0.507 e. The fourth-order valence-corrected chi connectivity index (χ4v) is 4.49. The molecule has 198 valence electrons. The molecule has 1 fully saturated rings. The molecule has 1 heterocycles. The van der Waals surface area contributed by atoms with Crippen molar-refractivity contribution in [2.24, 2.45) is 0 Å². The number of carbonyl (C=O) groups excluding carboxylic acids is 2. The minimum atomic E-state index is -0.849. The number of carbonyl (C=O) groups is 2. The summed E-state index contributed by atoms with van der Waals surface area (Å²) >= 11 is 0. The number of benzene rings is 3. The van der Waals surface area contributed by atoms with E-state index >= 15 is 0 Å². The molecule has 0 aromatic heterocycles. The van der Waals surface area contributed by atoms with E-state index < -0.39 is 17.7 Å². The van der Waals surface area contributed by atoms with Crippen molar-refractivity contribution in [1.82, 2.24) is 4.90 Å². The van der Waals surface area contributed by atoms with E-state index in [1.165, 1.54) is 12.0 Å². The van der Waals surface area contributed by atoms with Crippen molar-refractivity contribution in [1.29, 1.82) is 0 Å². The molecule has 0 aliphatic carbocycles. The lowest BCUT2D eigenvalue weighted by atomic mass is 9.95. The third-order valence-electron chi connectivity index (χ3n) is 6.33. The highest BCUT2D eigenvalue weighted by atomic mass is 16.5. The predicted octanol–water partition coefficient (Wildman–Crippen LogP) is 5.12. The number of hydrogen-bond acceptors (Lipinski definition) is 7. The van der Waals surface area contributed by atoms with E-state index in [9.17, 15) is 14.7 Å². The second-order valence-corrected chi connectivity index (χ2v) is 8.77. The molecule has 38 heavy (non-hydrogen) atoms. The normalized spacial score (nSPS) is 16.4. The Bertz CT molecular complexity index is 1360. The van der Waals surface area contributed by atoms with Crippen LogP contribution in [0.2, 0.25) is 0 Å². The number of aliphatic hydroxyl groups is 1. The summed E-state index contributed by atoms with van der Waals surface area (Å²) in [5.74, 6) is 0.426. The van der Waals surface area contributed by atoms with Gasteiger partial charge in [-0.2, -0.15) is 0 Å². The van der Waals surface area contributed by atoms with Gasteiger partial charge in [-0.1, -0.05) is 37.3 Å². The standard InChI is InChI=1S/C30H31NO7/c1-5-14-38-23-11-7-9-21(17-23)28(32)26-27(20-8-6-10-22(16-20)35-2)31(30(34)29(26)33)18-19-12-13-24(36-3)25(15-19)37-4/h6-13,15-17,27,32H,5,14,18H2,1-4H3/b28-26+. The summed E-state index contributed by atoms with van der Waals surface area (Å²) in [6.07, 6.45) is 0.827. The average Bonchev–Trinajstić information content (AvgIpc) is 3.20. The van der Waals surface area contributed by atoms with Crippen LogP contribution in [0.1, 0.15) is 36.1 Å². The van der Waals surface area contributed by atoms with E-state index in [4.69, 9.17) is 18.9 Å². The minimum absolute atomic E-state index is 0.00336. The monoisotopic (exact) mass is 517 g/mol. The van der Waals surface area contributed by atoms with Crippen LogP contribution in [0.15, 0.2) is 72.3 Å². The van der Waals surface area contributed by atoms with Crippen LogP contribution in [0, 0.1) is 0 Å². The highest BCUT2D eigenvalue weighted by Gasteiger charge is 2.46. The Morgan fingerprint density at radius 3 is 2.32 bits per heavy atom. The zero-order chi connectivity index (χ0) is 27.2. The number of Topliss-reactive ketones (excluding diaryl/α,β-unsaturated/α-hetero) is 1. The van der Waals surface area contributed by atoms with Crippen molar-refractivity contribution in [3.05, 3.63) is 89.0 Å². The van der Waals surface area contributed by atoms with E-state index in [0.29, 0.717) is 40.7 Å². The van der Waals surface area contributed by atoms with Crippen molar-refractivity contribution in [2.75, 3.05) is 27.9 Å². The third-order valence-corrected chi connectivity index (χ3v) is 6.33. The van der Waals surface area contributed by atoms with Gasteiger partial charge in [0.25, 0.3) is 11.7 Å². The molecule has 0 saturated carbocycles. The highest BCUT2D eigenvalue weighted by Crippen LogP contribution is 2.42. The van der Waals surface area contributed by atoms with Gasteiger partial charge in [-0.05, 0) is 53.9 Å². The maximum absolute atomic E-state index is 13.4. The Morgan fingerprint density at radius 1 is 0.868 bits per heavy atom. The van der Waals surface area contributed by atoms with Crippen molar-refractivity contribution in [3.63, 3.8) is 0 Å². The van der Waals surface area contributed by atoms with Gasteiger partial charge in [-0.3, -0.25) is 9.59 Å². The van der Waals surface area contributed by atoms with Gasteiger partial charge in [0.15, 0.2) is 11.5 Å². The molecule has 0 spiro atoms. The third kappa shape index (κ3) is 5.29. The number of hydrogen-bond donors (Lipinski definition) is 1. The number of likely N-dealkylation sites (tertiary alicyclic amines) is 1. The summed E-state index contributed by atoms with van der Waals surface area (Å²) in [5.41, 5.74) is 1.74. The molecule has 3 aromatic carbocycles. The highest BCUT2D eigenvalue weighted by molar-refractivity contribution is 6.46. The lowest BCUT2D eigenvalue weighted by molar-refractivity contribution is -0.140. The molecule has 3 aromatic rings. The number of amides is 1. The first-order chi connectivity index (χ1) is 18.4. The van der Waals surface area contributed by atoms with E-state index in [1.54, 1.807) is 80.9 Å². The lowest BCUT2D eigenvalue weighted by Gasteiger charge is -2.26. The van der Waals surface area contributed by atoms with Crippen LogP contribution in [0.3, 0.4) is 0 Å². The zero-order valence-corrected chi connectivity index (χ0v) is 21.9. The van der Waals surface area contributed by atoms with Gasteiger partial charge in [-0.15, -0.1) is 0 Å². The summed E-state index contributed by atoms with van der Waals surface area (Å²) in [7, 11) is 4.62. The number of ketones is 1. The maximum atomic E-state index is 13.4. The van der Waals surface area contributed by atoms with E-state index in [1.807, 2.05) is 6.92 Å². The molecule has 1 aliphatic heterocycles. The molecule has 1 saturated heterocycles. The van der Waals surface area contributed by atoms with Crippen molar-refractivity contribution in [2.45, 2.75) is 25.9 Å². The SMILES string of the molecule is CCCOc1cccc(/C(O)=C2\C(=O)C(=O)N(Cc3ccc(OC)c(OC)c3)C2c2cccc(OC)c2)c1. The molecule has 1 unspecified atom stereocenters. The van der Waals surface area contributed by atoms with Gasteiger partial charge >= 0.3 is 0 Å². The second kappa shape index (κ2) is 11.7. The lowest BCUT2D eigenvalue weighted by Crippen LogP contribution is -2.29. The number of nitrogens with zero attached hydrogens (tertiary/aromatic N) is 1. The Balaban J connectivity index is 1.83. The molecule has 4 rings (SSSR count). The van der Waals surface area contributed by atoms with Crippen LogP contribution in [0.5, 0.6) is 23.0 Å². The average molecular weight is 518 g/mol. The molecule has 0 bridgehead atoms. The van der Waals surface area contributed by atoms with Gasteiger partial charge < -0.3 is 29.0 Å². The zero-order valence-electron chi connectivity index (χ0n) is 21.9. The minimum Gasteiger partial charge on any atom is -0.507 e. The summed E-state index contributed by atoms with van der Waals surface area (Å²) in [6.45, 7) is 2.62. The molecule has 8 heteroatoms. The predicted molar refractivity (Wildman–Crippen MR) is 143 cm³/mol. The van der Waals surface area contributed by atoms with Crippen molar-refractivity contribution in [3.8, 4) is 23.0 Å². The van der Waals surface area contributed by atoms with Crippen LogP contribution in [0.25, 0.3) is 5.76 Å². The molecule has 0 radical (unpaired) electrons. The smallest absolute Gasteiger partial charge is 0.295 e. The van der Waals surface area contributed by atoms with Gasteiger partial charge in [-0.25, -0.2) is 0 Å². The quantitative estimate of drug-likeness (QED) is 0.227. The first-order valence-corrected chi connectivity index (χ1v) is 12.3. The molecule has 1 amide bonds. The number of rotatable bonds is 10. The fraction of sp³-hybridized carbons (Fsp3) is 0.267. The summed E-state index contributed by atoms with van der Waals surface area (Å²) in [4.78, 5) is 28.3. The van der Waals surface area contributed by atoms with E-state index in [0.717, 1.165) is 12.0 Å². The summed E-state index contributed by atoms with van der Waals surface area (Å²) in [6, 6.07) is 18.4. The molecular formula is C30H31NO7. The Hall–Kier alpha value is -4.46. The van der Waals surface area contributed by atoms with Gasteiger partial charge in [0, 0.05) is 12.1 Å². The molecule has 8 nitrogen and oxygen atoms in total. The first kappa shape index (κ1) is 26.6. The van der Waals surface area contributed by atoms with Crippen LogP contribution in [-0.4, -0.2) is 49.6 Å². The van der Waals surface area contributed by atoms with E-state index in [2.05, 4.69) is 0 Å². The fourth-order valence-electron chi connectivity index (χ4n) is 4.49. The van der Waals surface area contributed by atoms with Gasteiger partial charge in [0.1, 0.15) is 17.3 Å².